The van der Waals surface area contributed by atoms with Crippen molar-refractivity contribution in [3.05, 3.63) is 42.6 Å². The number of imide groups is 2. The van der Waals surface area contributed by atoms with E-state index in [2.05, 4.69) is 6.58 Å². The van der Waals surface area contributed by atoms with Gasteiger partial charge in [0.25, 0.3) is 0 Å². The topological polar surface area (TPSA) is 74.8 Å². The first-order valence-corrected chi connectivity index (χ1v) is 5.43. The summed E-state index contributed by atoms with van der Waals surface area (Å²) >= 11 is 0. The van der Waals surface area contributed by atoms with Crippen molar-refractivity contribution >= 4 is 29.3 Å². The number of rotatable bonds is 2. The van der Waals surface area contributed by atoms with Crippen molar-refractivity contribution in [1.29, 1.82) is 0 Å². The van der Waals surface area contributed by atoms with E-state index in [9.17, 15) is 19.2 Å². The number of ketones is 1. The van der Waals surface area contributed by atoms with Crippen LogP contribution in [0.1, 0.15) is 5.56 Å². The molecule has 1 aliphatic rings. The van der Waals surface area contributed by atoms with Gasteiger partial charge in [0.05, 0.1) is 5.69 Å². The van der Waals surface area contributed by atoms with Gasteiger partial charge in [0, 0.05) is 6.20 Å². The number of para-hydroxylation sites is 1. The molecule has 1 aromatic rings. The zero-order chi connectivity index (χ0) is 14.2. The Kier molecular flexibility index (Phi) is 3.00. The Labute approximate surface area is 108 Å². The summed E-state index contributed by atoms with van der Waals surface area (Å²) < 4.78 is 0. The van der Waals surface area contributed by atoms with Crippen molar-refractivity contribution in [3.8, 4) is 0 Å². The smallest absolute Gasteiger partial charge is 0.277 e. The van der Waals surface area contributed by atoms with Crippen LogP contribution in [0.2, 0.25) is 0 Å². The van der Waals surface area contributed by atoms with E-state index in [1.807, 2.05) is 0 Å². The number of carbonyl (C=O) groups excluding carboxylic acids is 4. The van der Waals surface area contributed by atoms with E-state index in [4.69, 9.17) is 0 Å². The van der Waals surface area contributed by atoms with Gasteiger partial charge in [-0.3, -0.25) is 14.4 Å². The van der Waals surface area contributed by atoms with Crippen molar-refractivity contribution in [1.82, 2.24) is 4.90 Å². The molecule has 6 nitrogen and oxygen atoms in total. The van der Waals surface area contributed by atoms with Crippen LogP contribution in [0.15, 0.2) is 37.0 Å². The maximum atomic E-state index is 12.1. The van der Waals surface area contributed by atoms with Crippen molar-refractivity contribution in [2.75, 3.05) is 4.90 Å². The second kappa shape index (κ2) is 4.49. The Morgan fingerprint density at radius 1 is 1.05 bits per heavy atom. The molecule has 6 heteroatoms. The molecule has 0 bridgehead atoms. The number of urea groups is 1. The van der Waals surface area contributed by atoms with E-state index in [0.29, 0.717) is 15.4 Å². The van der Waals surface area contributed by atoms with Crippen LogP contribution in [0, 0.1) is 6.92 Å². The highest BCUT2D eigenvalue weighted by Gasteiger charge is 2.45. The average Bonchev–Trinajstić information content (AvgIpc) is 2.39. The highest BCUT2D eigenvalue weighted by molar-refractivity contribution is 6.70. The van der Waals surface area contributed by atoms with Crippen LogP contribution in [-0.4, -0.2) is 28.5 Å². The zero-order valence-electron chi connectivity index (χ0n) is 10.1. The lowest BCUT2D eigenvalue weighted by Gasteiger charge is -2.30. The van der Waals surface area contributed by atoms with Crippen molar-refractivity contribution < 1.29 is 19.2 Å². The van der Waals surface area contributed by atoms with Gasteiger partial charge in [0.15, 0.2) is 0 Å². The summed E-state index contributed by atoms with van der Waals surface area (Å²) in [6.07, 6.45) is 0.917. The lowest BCUT2D eigenvalue weighted by Crippen LogP contribution is -2.58. The summed E-state index contributed by atoms with van der Waals surface area (Å²) in [6, 6.07) is 5.67. The summed E-state index contributed by atoms with van der Waals surface area (Å²) in [7, 11) is 0. The zero-order valence-corrected chi connectivity index (χ0v) is 10.1. The number of carbonyl (C=O) groups is 4. The monoisotopic (exact) mass is 258 g/mol. The SMILES string of the molecule is C=CN1C(=O)C(=O)C(=O)N(c2ccccc2C)C1=O. The minimum absolute atomic E-state index is 0.269. The average molecular weight is 258 g/mol. The molecule has 0 saturated carbocycles. The maximum Gasteiger partial charge on any atom is 0.342 e. The predicted octanol–water partition coefficient (Wildman–Crippen LogP) is 1.00. The molecule has 0 radical (unpaired) electrons. The summed E-state index contributed by atoms with van der Waals surface area (Å²) in [6.45, 7) is 4.98. The number of barbiturate groups is 1. The molecule has 2 rings (SSSR count). The first-order chi connectivity index (χ1) is 8.99. The molecule has 0 atom stereocenters. The van der Waals surface area contributed by atoms with Gasteiger partial charge < -0.3 is 0 Å². The molecule has 0 aliphatic carbocycles. The van der Waals surface area contributed by atoms with Gasteiger partial charge in [-0.2, -0.15) is 0 Å². The van der Waals surface area contributed by atoms with Crippen LogP contribution in [0.3, 0.4) is 0 Å². The van der Waals surface area contributed by atoms with Gasteiger partial charge in [-0.05, 0) is 18.6 Å². The molecule has 0 aromatic heterocycles. The first kappa shape index (κ1) is 12.7. The van der Waals surface area contributed by atoms with E-state index in [-0.39, 0.29) is 5.69 Å². The first-order valence-electron chi connectivity index (χ1n) is 5.43. The summed E-state index contributed by atoms with van der Waals surface area (Å²) in [5.41, 5.74) is 0.903. The van der Waals surface area contributed by atoms with E-state index >= 15 is 0 Å². The fourth-order valence-electron chi connectivity index (χ4n) is 1.77. The standard InChI is InChI=1S/C13H10N2O4/c1-3-14-11(17)10(16)12(18)15(13(14)19)9-7-5-4-6-8(9)2/h3-7H,1H2,2H3. The van der Waals surface area contributed by atoms with Gasteiger partial charge in [-0.15, -0.1) is 0 Å². The van der Waals surface area contributed by atoms with Crippen LogP contribution in [0.4, 0.5) is 10.5 Å². The van der Waals surface area contributed by atoms with Crippen molar-refractivity contribution in [2.24, 2.45) is 0 Å². The second-order valence-corrected chi connectivity index (χ2v) is 3.90. The maximum absolute atomic E-state index is 12.1. The quantitative estimate of drug-likeness (QED) is 0.742. The number of Topliss-reactive ketones (excluding diaryl/α,β-unsaturated/α-hetero) is 1. The fraction of sp³-hybridized carbons (Fsp3) is 0.0769. The Bertz CT molecular complexity index is 621. The Morgan fingerprint density at radius 3 is 2.26 bits per heavy atom. The number of hydrogen-bond donors (Lipinski definition) is 0. The molecule has 1 aliphatic heterocycles. The predicted molar refractivity (Wildman–Crippen MR) is 66.1 cm³/mol. The normalized spacial score (nSPS) is 16.1. The van der Waals surface area contributed by atoms with Gasteiger partial charge >= 0.3 is 23.6 Å². The highest BCUT2D eigenvalue weighted by atomic mass is 16.2. The lowest BCUT2D eigenvalue weighted by molar-refractivity contribution is -0.148. The second-order valence-electron chi connectivity index (χ2n) is 3.90. The van der Waals surface area contributed by atoms with E-state index in [0.717, 1.165) is 6.20 Å². The Balaban J connectivity index is 2.56. The number of anilines is 1. The van der Waals surface area contributed by atoms with E-state index in [1.165, 1.54) is 6.07 Å². The highest BCUT2D eigenvalue weighted by Crippen LogP contribution is 2.24. The van der Waals surface area contributed by atoms with Gasteiger partial charge in [0.2, 0.25) is 0 Å². The third kappa shape index (κ3) is 1.83. The molecule has 0 spiro atoms. The molecule has 1 heterocycles. The van der Waals surface area contributed by atoms with Crippen molar-refractivity contribution in [3.63, 3.8) is 0 Å². The Hall–Kier alpha value is -2.76. The van der Waals surface area contributed by atoms with E-state index in [1.54, 1.807) is 25.1 Å². The molecule has 1 fully saturated rings. The number of amides is 4. The molecule has 0 unspecified atom stereocenters. The van der Waals surface area contributed by atoms with Crippen molar-refractivity contribution in [2.45, 2.75) is 6.92 Å². The molecule has 1 saturated heterocycles. The fourth-order valence-corrected chi connectivity index (χ4v) is 1.77. The molecule has 0 N–H and O–H groups in total. The summed E-state index contributed by atoms with van der Waals surface area (Å²) in [5.74, 6) is -3.60. The minimum atomic E-state index is -1.26. The molecule has 19 heavy (non-hydrogen) atoms. The lowest BCUT2D eigenvalue weighted by atomic mass is 10.1. The van der Waals surface area contributed by atoms with Gasteiger partial charge in [-0.25, -0.2) is 14.6 Å². The third-order valence-electron chi connectivity index (χ3n) is 2.75. The van der Waals surface area contributed by atoms with Crippen LogP contribution in [0.25, 0.3) is 0 Å². The van der Waals surface area contributed by atoms with Crippen LogP contribution in [-0.2, 0) is 14.4 Å². The number of benzene rings is 1. The van der Waals surface area contributed by atoms with Gasteiger partial charge in [-0.1, -0.05) is 24.8 Å². The van der Waals surface area contributed by atoms with Crippen LogP contribution in [0.5, 0.6) is 0 Å². The molecule has 4 amide bonds. The van der Waals surface area contributed by atoms with E-state index < -0.39 is 23.6 Å². The largest absolute Gasteiger partial charge is 0.342 e. The number of aryl methyl sites for hydroxylation is 1. The molecule has 96 valence electrons. The van der Waals surface area contributed by atoms with Crippen LogP contribution >= 0.6 is 0 Å². The molecular formula is C13H10N2O4. The number of hydrogen-bond acceptors (Lipinski definition) is 4. The molecule has 1 aromatic carbocycles. The molecular weight excluding hydrogens is 248 g/mol. The minimum Gasteiger partial charge on any atom is -0.277 e. The summed E-state index contributed by atoms with van der Waals surface area (Å²) in [5, 5.41) is 0. The Morgan fingerprint density at radius 2 is 1.68 bits per heavy atom. The summed E-state index contributed by atoms with van der Waals surface area (Å²) in [4.78, 5) is 48.1. The van der Waals surface area contributed by atoms with Gasteiger partial charge in [0.1, 0.15) is 0 Å². The number of nitrogens with zero attached hydrogens (tertiary/aromatic N) is 2. The van der Waals surface area contributed by atoms with Crippen LogP contribution < -0.4 is 4.90 Å². The third-order valence-corrected chi connectivity index (χ3v) is 2.75.